The Balaban J connectivity index is 2.19. The molecule has 0 N–H and O–H groups in total. The Labute approximate surface area is 102 Å². The first-order valence-corrected chi connectivity index (χ1v) is 5.72. The van der Waals surface area contributed by atoms with E-state index in [4.69, 9.17) is 0 Å². The van der Waals surface area contributed by atoms with E-state index in [2.05, 4.69) is 55.5 Å². The van der Waals surface area contributed by atoms with Crippen molar-refractivity contribution in [1.29, 1.82) is 0 Å². The summed E-state index contributed by atoms with van der Waals surface area (Å²) in [6, 6.07) is 25.2. The number of benzene rings is 3. The molecule has 0 aliphatic rings. The molecule has 2 radical (unpaired) electrons. The van der Waals surface area contributed by atoms with E-state index in [1.165, 1.54) is 21.9 Å². The molecular weight excluding hydrogens is 204 g/mol. The number of aryl methyl sites for hydroxylation is 1. The van der Waals surface area contributed by atoms with Crippen LogP contribution in [0.2, 0.25) is 0 Å². The zero-order valence-electron chi connectivity index (χ0n) is 9.70. The third-order valence-corrected chi connectivity index (χ3v) is 2.93. The molecule has 3 aromatic carbocycles. The Kier molecular flexibility index (Phi) is 2.41. The standard InChI is InChI=1S/C17H12/c1-13-7-8-15-9-10-16(12-17(15)11-13)14-5-3-2-4-6-14/h2-4,7-12H,1H3. The van der Waals surface area contributed by atoms with Gasteiger partial charge in [0.05, 0.1) is 0 Å². The number of hydrogen-bond donors (Lipinski definition) is 0. The molecule has 80 valence electrons. The second-order valence-corrected chi connectivity index (χ2v) is 4.25. The summed E-state index contributed by atoms with van der Waals surface area (Å²) in [5, 5.41) is 2.54. The van der Waals surface area contributed by atoms with Crippen LogP contribution in [0.1, 0.15) is 5.56 Å². The lowest BCUT2D eigenvalue weighted by molar-refractivity contribution is 1.50. The first-order chi connectivity index (χ1) is 8.33. The van der Waals surface area contributed by atoms with Crippen LogP contribution in [-0.4, -0.2) is 0 Å². The first kappa shape index (κ1) is 10.1. The predicted octanol–water partition coefficient (Wildman–Crippen LogP) is 4.42. The monoisotopic (exact) mass is 216 g/mol. The molecule has 0 aromatic heterocycles. The second-order valence-electron chi connectivity index (χ2n) is 4.25. The van der Waals surface area contributed by atoms with Crippen LogP contribution in [-0.2, 0) is 0 Å². The van der Waals surface area contributed by atoms with E-state index in [-0.39, 0.29) is 0 Å². The van der Waals surface area contributed by atoms with E-state index >= 15 is 0 Å². The molecule has 3 rings (SSSR count). The van der Waals surface area contributed by atoms with Crippen molar-refractivity contribution in [1.82, 2.24) is 0 Å². The molecule has 0 atom stereocenters. The quantitative estimate of drug-likeness (QED) is 0.565. The lowest BCUT2D eigenvalue weighted by Gasteiger charge is -2.04. The lowest BCUT2D eigenvalue weighted by Crippen LogP contribution is -1.80. The van der Waals surface area contributed by atoms with Crippen molar-refractivity contribution >= 4 is 10.8 Å². The van der Waals surface area contributed by atoms with Gasteiger partial charge in [-0.2, -0.15) is 0 Å². The van der Waals surface area contributed by atoms with Gasteiger partial charge in [-0.3, -0.25) is 0 Å². The van der Waals surface area contributed by atoms with E-state index in [0.717, 1.165) is 5.56 Å². The van der Waals surface area contributed by atoms with Gasteiger partial charge in [0.25, 0.3) is 0 Å². The van der Waals surface area contributed by atoms with Crippen molar-refractivity contribution in [2.75, 3.05) is 0 Å². The van der Waals surface area contributed by atoms with E-state index in [1.807, 2.05) is 18.2 Å². The molecule has 0 bridgehead atoms. The van der Waals surface area contributed by atoms with E-state index in [9.17, 15) is 0 Å². The van der Waals surface area contributed by atoms with Gasteiger partial charge in [0.15, 0.2) is 0 Å². The van der Waals surface area contributed by atoms with Crippen LogP contribution < -0.4 is 0 Å². The molecular formula is C17H12. The Bertz CT molecular complexity index is 651. The van der Waals surface area contributed by atoms with E-state index in [1.54, 1.807) is 0 Å². The lowest BCUT2D eigenvalue weighted by atomic mass is 10.0. The van der Waals surface area contributed by atoms with Gasteiger partial charge in [-0.25, -0.2) is 0 Å². The highest BCUT2D eigenvalue weighted by Crippen LogP contribution is 2.24. The zero-order valence-corrected chi connectivity index (χ0v) is 9.70. The normalized spacial score (nSPS) is 10.6. The molecule has 0 heterocycles. The summed E-state index contributed by atoms with van der Waals surface area (Å²) < 4.78 is 0. The maximum absolute atomic E-state index is 3.21. The molecule has 0 aliphatic heterocycles. The molecule has 17 heavy (non-hydrogen) atoms. The molecule has 0 aliphatic carbocycles. The maximum atomic E-state index is 3.21. The Morgan fingerprint density at radius 1 is 0.824 bits per heavy atom. The summed E-state index contributed by atoms with van der Waals surface area (Å²) in [6.45, 7) is 2.12. The predicted molar refractivity (Wildman–Crippen MR) is 71.8 cm³/mol. The minimum absolute atomic E-state index is 1.02. The van der Waals surface area contributed by atoms with Crippen molar-refractivity contribution in [2.24, 2.45) is 0 Å². The largest absolute Gasteiger partial charge is 0.0610 e. The average molecular weight is 216 g/mol. The zero-order chi connectivity index (χ0) is 11.7. The highest BCUT2D eigenvalue weighted by Gasteiger charge is 1.99. The van der Waals surface area contributed by atoms with Gasteiger partial charge in [0.2, 0.25) is 0 Å². The van der Waals surface area contributed by atoms with Crippen LogP contribution in [0, 0.1) is 19.1 Å². The fourth-order valence-electron chi connectivity index (χ4n) is 2.04. The molecule has 0 nitrogen and oxygen atoms in total. The van der Waals surface area contributed by atoms with Crippen LogP contribution in [0.15, 0.2) is 54.6 Å². The van der Waals surface area contributed by atoms with Crippen molar-refractivity contribution in [3.63, 3.8) is 0 Å². The van der Waals surface area contributed by atoms with Gasteiger partial charge in [-0.05, 0) is 47.0 Å². The van der Waals surface area contributed by atoms with Gasteiger partial charge in [0.1, 0.15) is 0 Å². The van der Waals surface area contributed by atoms with Gasteiger partial charge in [-0.1, -0.05) is 54.1 Å². The van der Waals surface area contributed by atoms with Crippen molar-refractivity contribution < 1.29 is 0 Å². The molecule has 0 fully saturated rings. The fraction of sp³-hybridized carbons (Fsp3) is 0.0588. The third kappa shape index (κ3) is 1.94. The molecule has 3 aromatic rings. The maximum Gasteiger partial charge on any atom is -0.00262 e. The van der Waals surface area contributed by atoms with Crippen LogP contribution in [0.4, 0.5) is 0 Å². The Morgan fingerprint density at radius 2 is 1.59 bits per heavy atom. The average Bonchev–Trinajstić information content (AvgIpc) is 2.39. The summed E-state index contributed by atoms with van der Waals surface area (Å²) in [4.78, 5) is 0. The molecule has 0 saturated heterocycles. The highest BCUT2D eigenvalue weighted by atomic mass is 14.0. The van der Waals surface area contributed by atoms with E-state index < -0.39 is 0 Å². The molecule has 0 spiro atoms. The summed E-state index contributed by atoms with van der Waals surface area (Å²) >= 11 is 0. The molecule has 0 amide bonds. The highest BCUT2D eigenvalue weighted by molar-refractivity contribution is 5.87. The van der Waals surface area contributed by atoms with Crippen LogP contribution in [0.3, 0.4) is 0 Å². The summed E-state index contributed by atoms with van der Waals surface area (Å²) in [6.07, 6.45) is 0. The molecule has 0 saturated carbocycles. The van der Waals surface area contributed by atoms with Crippen LogP contribution in [0.5, 0.6) is 0 Å². The summed E-state index contributed by atoms with van der Waals surface area (Å²) in [7, 11) is 0. The summed E-state index contributed by atoms with van der Waals surface area (Å²) in [5.41, 5.74) is 3.48. The Morgan fingerprint density at radius 3 is 2.41 bits per heavy atom. The second kappa shape index (κ2) is 4.06. The summed E-state index contributed by atoms with van der Waals surface area (Å²) in [5.74, 6) is 0. The van der Waals surface area contributed by atoms with Crippen molar-refractivity contribution in [2.45, 2.75) is 6.92 Å². The van der Waals surface area contributed by atoms with Crippen molar-refractivity contribution in [3.05, 3.63) is 72.3 Å². The van der Waals surface area contributed by atoms with Crippen LogP contribution >= 0.6 is 0 Å². The van der Waals surface area contributed by atoms with Gasteiger partial charge in [0, 0.05) is 0 Å². The number of hydrogen-bond acceptors (Lipinski definition) is 0. The number of fused-ring (bicyclic) bond motifs is 1. The van der Waals surface area contributed by atoms with Crippen molar-refractivity contribution in [3.8, 4) is 11.1 Å². The minimum Gasteiger partial charge on any atom is -0.0610 e. The smallest absolute Gasteiger partial charge is 0.00262 e. The van der Waals surface area contributed by atoms with Crippen LogP contribution in [0.25, 0.3) is 21.9 Å². The fourth-order valence-corrected chi connectivity index (χ4v) is 2.04. The van der Waals surface area contributed by atoms with E-state index in [0.29, 0.717) is 0 Å². The number of rotatable bonds is 1. The van der Waals surface area contributed by atoms with Gasteiger partial charge >= 0.3 is 0 Å². The Hall–Kier alpha value is -2.08. The van der Waals surface area contributed by atoms with Gasteiger partial charge in [-0.15, -0.1) is 0 Å². The topological polar surface area (TPSA) is 0 Å². The molecule has 0 unspecified atom stereocenters. The third-order valence-electron chi connectivity index (χ3n) is 2.93. The van der Waals surface area contributed by atoms with Gasteiger partial charge < -0.3 is 0 Å². The minimum atomic E-state index is 1.02. The SMILES string of the molecule is Cc1ccc2ccc(-c3[c]ccc[c]3)cc2c1. The molecule has 0 heteroatoms. The first-order valence-electron chi connectivity index (χ1n) is 5.72.